The summed E-state index contributed by atoms with van der Waals surface area (Å²) in [6, 6.07) is 6.00. The van der Waals surface area contributed by atoms with E-state index in [0.717, 1.165) is 17.1 Å². The molecule has 1 amide bonds. The highest BCUT2D eigenvalue weighted by molar-refractivity contribution is 5.94. The lowest BCUT2D eigenvalue weighted by Gasteiger charge is -2.06. The van der Waals surface area contributed by atoms with Crippen molar-refractivity contribution in [3.05, 3.63) is 60.2 Å². The van der Waals surface area contributed by atoms with Crippen LogP contribution in [-0.2, 0) is 6.54 Å². The van der Waals surface area contributed by atoms with Gasteiger partial charge in [0.15, 0.2) is 11.4 Å². The number of nitrogens with zero attached hydrogens (tertiary/aromatic N) is 4. The van der Waals surface area contributed by atoms with E-state index in [9.17, 15) is 14.3 Å². The molecule has 2 N–H and O–H groups in total. The molecule has 8 heteroatoms. The second-order valence-corrected chi connectivity index (χ2v) is 5.54. The molecule has 7 nitrogen and oxygen atoms in total. The summed E-state index contributed by atoms with van der Waals surface area (Å²) in [6.07, 6.45) is 5.51. The van der Waals surface area contributed by atoms with E-state index in [1.807, 2.05) is 17.7 Å². The first-order chi connectivity index (χ1) is 12.1. The lowest BCUT2D eigenvalue weighted by molar-refractivity contribution is 0.0944. The van der Waals surface area contributed by atoms with Gasteiger partial charge in [0, 0.05) is 25.5 Å². The van der Waals surface area contributed by atoms with E-state index in [0.29, 0.717) is 13.0 Å². The second kappa shape index (κ2) is 7.16. The first-order valence-electron chi connectivity index (χ1n) is 7.85. The van der Waals surface area contributed by atoms with Gasteiger partial charge in [0.05, 0.1) is 6.20 Å². The molecule has 130 valence electrons. The number of aromatic hydroxyl groups is 1. The van der Waals surface area contributed by atoms with Gasteiger partial charge in [-0.15, -0.1) is 0 Å². The predicted molar refractivity (Wildman–Crippen MR) is 89.1 cm³/mol. The maximum absolute atomic E-state index is 13.8. The number of rotatable bonds is 6. The number of nitrogens with one attached hydrogen (secondary N) is 1. The van der Waals surface area contributed by atoms with Crippen molar-refractivity contribution in [3.63, 3.8) is 0 Å². The van der Waals surface area contributed by atoms with Gasteiger partial charge in [-0.05, 0) is 25.5 Å². The lowest BCUT2D eigenvalue weighted by Crippen LogP contribution is -2.26. The van der Waals surface area contributed by atoms with Crippen LogP contribution in [0.3, 0.4) is 0 Å². The topological polar surface area (TPSA) is 85.0 Å². The monoisotopic (exact) mass is 343 g/mol. The van der Waals surface area contributed by atoms with Crippen LogP contribution in [0.25, 0.3) is 5.69 Å². The minimum Gasteiger partial charge on any atom is -0.504 e. The Morgan fingerprint density at radius 1 is 1.36 bits per heavy atom. The van der Waals surface area contributed by atoms with E-state index >= 15 is 0 Å². The fourth-order valence-electron chi connectivity index (χ4n) is 2.46. The Morgan fingerprint density at radius 3 is 2.88 bits per heavy atom. The number of benzene rings is 1. The number of hydrogen-bond donors (Lipinski definition) is 2. The number of para-hydroxylation sites is 1. The lowest BCUT2D eigenvalue weighted by atomic mass is 10.3. The van der Waals surface area contributed by atoms with Crippen LogP contribution in [0.15, 0.2) is 42.9 Å². The largest absolute Gasteiger partial charge is 0.504 e. The molecule has 3 aromatic rings. The molecule has 0 saturated heterocycles. The zero-order valence-corrected chi connectivity index (χ0v) is 13.7. The summed E-state index contributed by atoms with van der Waals surface area (Å²) in [6.45, 7) is 3.05. The van der Waals surface area contributed by atoms with Crippen LogP contribution in [0.1, 0.15) is 22.7 Å². The van der Waals surface area contributed by atoms with Crippen LogP contribution in [0, 0.1) is 12.7 Å². The first-order valence-corrected chi connectivity index (χ1v) is 7.85. The number of hydrogen-bond acceptors (Lipinski definition) is 4. The molecular weight excluding hydrogens is 325 g/mol. The summed E-state index contributed by atoms with van der Waals surface area (Å²) in [4.78, 5) is 16.3. The third-order valence-electron chi connectivity index (χ3n) is 3.79. The Bertz CT molecular complexity index is 887. The molecule has 0 aliphatic rings. The van der Waals surface area contributed by atoms with Gasteiger partial charge >= 0.3 is 0 Å². The van der Waals surface area contributed by atoms with Crippen molar-refractivity contribution in [2.45, 2.75) is 19.9 Å². The number of carbonyl (C=O) groups excluding carboxylic acids is 1. The third kappa shape index (κ3) is 3.68. The van der Waals surface area contributed by atoms with Crippen LogP contribution in [-0.4, -0.2) is 36.9 Å². The Labute approximate surface area is 143 Å². The van der Waals surface area contributed by atoms with Crippen LogP contribution in [0.2, 0.25) is 0 Å². The Hall–Kier alpha value is -3.16. The molecule has 0 bridgehead atoms. The number of carbonyl (C=O) groups is 1. The molecule has 0 radical (unpaired) electrons. The molecule has 25 heavy (non-hydrogen) atoms. The van der Waals surface area contributed by atoms with Crippen molar-refractivity contribution in [1.29, 1.82) is 0 Å². The van der Waals surface area contributed by atoms with E-state index in [1.165, 1.54) is 18.3 Å². The smallest absolute Gasteiger partial charge is 0.275 e. The summed E-state index contributed by atoms with van der Waals surface area (Å²) >= 11 is 0. The summed E-state index contributed by atoms with van der Waals surface area (Å²) in [5.41, 5.74) is 0.0227. The third-order valence-corrected chi connectivity index (χ3v) is 3.79. The standard InChI is InChI=1S/C17H18FN5O2/c1-12-19-8-10-22(12)9-4-7-20-17(25)16-15(24)11-23(21-16)14-6-3-2-5-13(14)18/h2-3,5-6,8,10-11,24H,4,7,9H2,1H3,(H,20,25). The maximum atomic E-state index is 13.8. The molecule has 0 spiro atoms. The van der Waals surface area contributed by atoms with Gasteiger partial charge < -0.3 is 15.0 Å². The molecular formula is C17H18FN5O2. The Kier molecular flexibility index (Phi) is 4.78. The van der Waals surface area contributed by atoms with Crippen molar-refractivity contribution in [3.8, 4) is 11.4 Å². The molecule has 0 saturated carbocycles. The average Bonchev–Trinajstić information content (AvgIpc) is 3.18. The molecule has 0 aliphatic carbocycles. The van der Waals surface area contributed by atoms with E-state index in [1.54, 1.807) is 18.3 Å². The van der Waals surface area contributed by atoms with Crippen molar-refractivity contribution in [2.75, 3.05) is 6.54 Å². The van der Waals surface area contributed by atoms with Crippen molar-refractivity contribution >= 4 is 5.91 Å². The molecule has 3 rings (SSSR count). The van der Waals surface area contributed by atoms with E-state index in [4.69, 9.17) is 0 Å². The Balaban J connectivity index is 1.61. The van der Waals surface area contributed by atoms with Gasteiger partial charge in [0.2, 0.25) is 0 Å². The van der Waals surface area contributed by atoms with Gasteiger partial charge in [-0.25, -0.2) is 14.1 Å². The van der Waals surface area contributed by atoms with Crippen molar-refractivity contribution in [2.24, 2.45) is 0 Å². The quantitative estimate of drug-likeness (QED) is 0.671. The van der Waals surface area contributed by atoms with Crippen LogP contribution in [0.5, 0.6) is 5.75 Å². The summed E-state index contributed by atoms with van der Waals surface area (Å²) in [5.74, 6) is -0.388. The van der Waals surface area contributed by atoms with Gasteiger partial charge in [0.1, 0.15) is 17.3 Å². The van der Waals surface area contributed by atoms with Gasteiger partial charge in [-0.3, -0.25) is 4.79 Å². The molecule has 0 fully saturated rings. The van der Waals surface area contributed by atoms with Crippen LogP contribution < -0.4 is 5.32 Å². The Morgan fingerprint density at radius 2 is 2.16 bits per heavy atom. The summed E-state index contributed by atoms with van der Waals surface area (Å²) < 4.78 is 16.9. The van der Waals surface area contributed by atoms with Gasteiger partial charge in [0.25, 0.3) is 5.91 Å². The number of aromatic nitrogens is 4. The van der Waals surface area contributed by atoms with Crippen LogP contribution in [0.4, 0.5) is 4.39 Å². The number of aryl methyl sites for hydroxylation is 2. The number of halogens is 1. The second-order valence-electron chi connectivity index (χ2n) is 5.54. The number of imidazole rings is 1. The van der Waals surface area contributed by atoms with E-state index < -0.39 is 11.7 Å². The highest BCUT2D eigenvalue weighted by atomic mass is 19.1. The molecule has 2 aromatic heterocycles. The zero-order valence-electron chi connectivity index (χ0n) is 13.7. The molecule has 1 aromatic carbocycles. The predicted octanol–water partition coefficient (Wildman–Crippen LogP) is 2.04. The highest BCUT2D eigenvalue weighted by Gasteiger charge is 2.17. The van der Waals surface area contributed by atoms with Gasteiger partial charge in [-0.2, -0.15) is 5.10 Å². The normalized spacial score (nSPS) is 10.8. The van der Waals surface area contributed by atoms with E-state index in [-0.39, 0.29) is 17.1 Å². The molecule has 0 unspecified atom stereocenters. The highest BCUT2D eigenvalue weighted by Crippen LogP contribution is 2.19. The van der Waals surface area contributed by atoms with E-state index in [2.05, 4.69) is 15.4 Å². The summed E-state index contributed by atoms with van der Waals surface area (Å²) in [5, 5.41) is 16.6. The fraction of sp³-hybridized carbons (Fsp3) is 0.235. The van der Waals surface area contributed by atoms with Crippen molar-refractivity contribution in [1.82, 2.24) is 24.6 Å². The van der Waals surface area contributed by atoms with Gasteiger partial charge in [-0.1, -0.05) is 12.1 Å². The molecule has 0 atom stereocenters. The first kappa shape index (κ1) is 16.7. The molecule has 0 aliphatic heterocycles. The number of amides is 1. The SMILES string of the molecule is Cc1nccn1CCCNC(=O)c1nn(-c2ccccc2F)cc1O. The minimum atomic E-state index is -0.505. The van der Waals surface area contributed by atoms with Crippen molar-refractivity contribution < 1.29 is 14.3 Å². The fourth-order valence-corrected chi connectivity index (χ4v) is 2.46. The molecule has 2 heterocycles. The summed E-state index contributed by atoms with van der Waals surface area (Å²) in [7, 11) is 0. The maximum Gasteiger partial charge on any atom is 0.275 e. The zero-order chi connectivity index (χ0) is 17.8. The van der Waals surface area contributed by atoms with Crippen LogP contribution >= 0.6 is 0 Å². The minimum absolute atomic E-state index is 0.137. The average molecular weight is 343 g/mol.